The third-order valence-electron chi connectivity index (χ3n) is 3.92. The first-order chi connectivity index (χ1) is 12.7. The number of benzene rings is 2. The zero-order valence-electron chi connectivity index (χ0n) is 14.2. The van der Waals surface area contributed by atoms with E-state index in [1.807, 2.05) is 61.5 Å². The Bertz CT molecular complexity index is 1020. The van der Waals surface area contributed by atoms with Gasteiger partial charge in [0.15, 0.2) is 0 Å². The third-order valence-corrected chi connectivity index (χ3v) is 4.80. The maximum atomic E-state index is 12.4. The summed E-state index contributed by atoms with van der Waals surface area (Å²) in [6, 6.07) is 17.4. The van der Waals surface area contributed by atoms with E-state index in [9.17, 15) is 4.79 Å². The van der Waals surface area contributed by atoms with Crippen molar-refractivity contribution < 1.29 is 9.53 Å². The largest absolute Gasteiger partial charge is 0.494 e. The molecule has 0 aliphatic carbocycles. The molecule has 0 saturated heterocycles. The van der Waals surface area contributed by atoms with Gasteiger partial charge >= 0.3 is 0 Å². The van der Waals surface area contributed by atoms with Crippen LogP contribution in [-0.2, 0) is 0 Å². The lowest BCUT2D eigenvalue weighted by Gasteiger charge is -2.05. The number of hydrogen-bond acceptors (Lipinski definition) is 4. The van der Waals surface area contributed by atoms with Gasteiger partial charge in [0.05, 0.1) is 12.3 Å². The zero-order valence-corrected chi connectivity index (χ0v) is 15.0. The van der Waals surface area contributed by atoms with Crippen molar-refractivity contribution >= 4 is 33.8 Å². The molecule has 0 spiro atoms. The molecule has 6 heteroatoms. The number of para-hydroxylation sites is 1. The second kappa shape index (κ2) is 7.01. The fourth-order valence-electron chi connectivity index (χ4n) is 2.69. The van der Waals surface area contributed by atoms with E-state index in [0.29, 0.717) is 18.0 Å². The topological polar surface area (TPSA) is 67.0 Å². The average Bonchev–Trinajstić information content (AvgIpc) is 3.30. The van der Waals surface area contributed by atoms with Crippen molar-refractivity contribution in [1.82, 2.24) is 9.97 Å². The van der Waals surface area contributed by atoms with Crippen LogP contribution in [-0.4, -0.2) is 22.5 Å². The van der Waals surface area contributed by atoms with E-state index in [1.165, 1.54) is 11.3 Å². The SMILES string of the molecule is CCOc1ccc(NC(=O)c2csc(-c3cc4ccccc4[nH]3)n2)cc1. The van der Waals surface area contributed by atoms with Crippen LogP contribution in [0.25, 0.3) is 21.6 Å². The van der Waals surface area contributed by atoms with Crippen LogP contribution in [0.3, 0.4) is 0 Å². The van der Waals surface area contributed by atoms with E-state index in [-0.39, 0.29) is 5.91 Å². The number of rotatable bonds is 5. The molecule has 2 heterocycles. The number of fused-ring (bicyclic) bond motifs is 1. The highest BCUT2D eigenvalue weighted by Gasteiger charge is 2.13. The van der Waals surface area contributed by atoms with Crippen LogP contribution >= 0.6 is 11.3 Å². The normalized spacial score (nSPS) is 10.8. The van der Waals surface area contributed by atoms with Crippen LogP contribution in [0.1, 0.15) is 17.4 Å². The monoisotopic (exact) mass is 363 g/mol. The minimum Gasteiger partial charge on any atom is -0.494 e. The van der Waals surface area contributed by atoms with Crippen LogP contribution < -0.4 is 10.1 Å². The van der Waals surface area contributed by atoms with Gasteiger partial charge in [-0.05, 0) is 43.3 Å². The Balaban J connectivity index is 1.50. The predicted octanol–water partition coefficient (Wildman–Crippen LogP) is 4.94. The standard InChI is InChI=1S/C20H17N3O2S/c1-2-25-15-9-7-14(8-10-15)21-19(24)18-12-26-20(23-18)17-11-13-5-3-4-6-16(13)22-17/h3-12,22H,2H2,1H3,(H,21,24). The number of aromatic amines is 1. The van der Waals surface area contributed by atoms with Crippen molar-refractivity contribution in [3.63, 3.8) is 0 Å². The number of nitrogens with one attached hydrogen (secondary N) is 2. The molecule has 4 rings (SSSR count). The van der Waals surface area contributed by atoms with Gasteiger partial charge in [-0.25, -0.2) is 4.98 Å². The molecule has 0 aliphatic heterocycles. The molecule has 26 heavy (non-hydrogen) atoms. The van der Waals surface area contributed by atoms with Crippen LogP contribution in [0.15, 0.2) is 60.0 Å². The first-order valence-electron chi connectivity index (χ1n) is 8.31. The van der Waals surface area contributed by atoms with Crippen molar-refractivity contribution in [2.75, 3.05) is 11.9 Å². The summed E-state index contributed by atoms with van der Waals surface area (Å²) in [7, 11) is 0. The van der Waals surface area contributed by atoms with Crippen LogP contribution in [0.5, 0.6) is 5.75 Å². The zero-order chi connectivity index (χ0) is 17.9. The molecule has 2 N–H and O–H groups in total. The van der Waals surface area contributed by atoms with Crippen molar-refractivity contribution in [3.05, 3.63) is 65.7 Å². The number of anilines is 1. The quantitative estimate of drug-likeness (QED) is 0.528. The summed E-state index contributed by atoms with van der Waals surface area (Å²) in [5.41, 5.74) is 3.07. The number of carbonyl (C=O) groups excluding carboxylic acids is 1. The van der Waals surface area contributed by atoms with Crippen molar-refractivity contribution in [2.45, 2.75) is 6.92 Å². The second-order valence-electron chi connectivity index (χ2n) is 5.72. The summed E-state index contributed by atoms with van der Waals surface area (Å²) in [6.07, 6.45) is 0. The van der Waals surface area contributed by atoms with Crippen LogP contribution in [0.2, 0.25) is 0 Å². The fourth-order valence-corrected chi connectivity index (χ4v) is 3.46. The molecule has 0 radical (unpaired) electrons. The molecule has 0 bridgehead atoms. The van der Waals surface area contributed by atoms with E-state index in [1.54, 1.807) is 5.38 Å². The number of carbonyl (C=O) groups is 1. The maximum Gasteiger partial charge on any atom is 0.275 e. The Morgan fingerprint density at radius 1 is 1.19 bits per heavy atom. The van der Waals surface area contributed by atoms with Gasteiger partial charge in [-0.15, -0.1) is 11.3 Å². The van der Waals surface area contributed by atoms with Gasteiger partial charge < -0.3 is 15.0 Å². The number of hydrogen-bond donors (Lipinski definition) is 2. The maximum absolute atomic E-state index is 12.4. The molecule has 0 atom stereocenters. The fraction of sp³-hybridized carbons (Fsp3) is 0.100. The Morgan fingerprint density at radius 3 is 2.77 bits per heavy atom. The Labute approximate surface area is 154 Å². The highest BCUT2D eigenvalue weighted by Crippen LogP contribution is 2.27. The van der Waals surface area contributed by atoms with E-state index < -0.39 is 0 Å². The average molecular weight is 363 g/mol. The molecular formula is C20H17N3O2S. The van der Waals surface area contributed by atoms with Crippen LogP contribution in [0.4, 0.5) is 5.69 Å². The Morgan fingerprint density at radius 2 is 2.00 bits per heavy atom. The van der Waals surface area contributed by atoms with Gasteiger partial charge in [-0.3, -0.25) is 4.79 Å². The molecule has 2 aromatic carbocycles. The number of H-pyrrole nitrogens is 1. The van der Waals surface area contributed by atoms with E-state index >= 15 is 0 Å². The van der Waals surface area contributed by atoms with E-state index in [2.05, 4.69) is 15.3 Å². The van der Waals surface area contributed by atoms with Gasteiger partial charge in [0.25, 0.3) is 5.91 Å². The highest BCUT2D eigenvalue weighted by molar-refractivity contribution is 7.13. The smallest absolute Gasteiger partial charge is 0.275 e. The summed E-state index contributed by atoms with van der Waals surface area (Å²) in [5, 5.41) is 6.54. The summed E-state index contributed by atoms with van der Waals surface area (Å²) in [6.45, 7) is 2.55. The molecule has 130 valence electrons. The summed E-state index contributed by atoms with van der Waals surface area (Å²) < 4.78 is 5.40. The molecule has 5 nitrogen and oxygen atoms in total. The second-order valence-corrected chi connectivity index (χ2v) is 6.58. The molecule has 0 unspecified atom stereocenters. The molecule has 4 aromatic rings. The van der Waals surface area contributed by atoms with Crippen molar-refractivity contribution in [2.24, 2.45) is 0 Å². The summed E-state index contributed by atoms with van der Waals surface area (Å²) >= 11 is 1.44. The van der Waals surface area contributed by atoms with E-state index in [4.69, 9.17) is 4.74 Å². The lowest BCUT2D eigenvalue weighted by molar-refractivity contribution is 0.102. The molecule has 0 aliphatic rings. The molecule has 1 amide bonds. The molecule has 0 fully saturated rings. The lowest BCUT2D eigenvalue weighted by Crippen LogP contribution is -2.12. The predicted molar refractivity (Wildman–Crippen MR) is 105 cm³/mol. The number of amides is 1. The van der Waals surface area contributed by atoms with Crippen molar-refractivity contribution in [1.29, 1.82) is 0 Å². The summed E-state index contributed by atoms with van der Waals surface area (Å²) in [4.78, 5) is 20.2. The molecular weight excluding hydrogens is 346 g/mol. The number of nitrogens with zero attached hydrogens (tertiary/aromatic N) is 1. The van der Waals surface area contributed by atoms with Gasteiger partial charge in [-0.1, -0.05) is 18.2 Å². The minimum atomic E-state index is -0.229. The highest BCUT2D eigenvalue weighted by atomic mass is 32.1. The third kappa shape index (κ3) is 3.32. The molecule has 2 aromatic heterocycles. The molecule has 0 saturated carbocycles. The van der Waals surface area contributed by atoms with Crippen LogP contribution in [0, 0.1) is 0 Å². The number of ether oxygens (including phenoxy) is 1. The minimum absolute atomic E-state index is 0.229. The number of aromatic nitrogens is 2. The number of thiazole rings is 1. The van der Waals surface area contributed by atoms with Gasteiger partial charge in [0.2, 0.25) is 0 Å². The lowest BCUT2D eigenvalue weighted by atomic mass is 10.2. The van der Waals surface area contributed by atoms with E-state index in [0.717, 1.165) is 27.4 Å². The first-order valence-corrected chi connectivity index (χ1v) is 9.19. The Hall–Kier alpha value is -3.12. The van der Waals surface area contributed by atoms with Gasteiger partial charge in [0, 0.05) is 22.0 Å². The van der Waals surface area contributed by atoms with Gasteiger partial charge in [-0.2, -0.15) is 0 Å². The Kier molecular flexibility index (Phi) is 4.41. The first kappa shape index (κ1) is 16.4. The summed E-state index contributed by atoms with van der Waals surface area (Å²) in [5.74, 6) is 0.549. The van der Waals surface area contributed by atoms with Gasteiger partial charge in [0.1, 0.15) is 16.5 Å². The van der Waals surface area contributed by atoms with Crippen molar-refractivity contribution in [3.8, 4) is 16.5 Å².